The number of imide groups is 2. The third-order valence-corrected chi connectivity index (χ3v) is 10.8. The summed E-state index contributed by atoms with van der Waals surface area (Å²) in [6.07, 6.45) is 1.78. The van der Waals surface area contributed by atoms with Crippen LogP contribution < -0.4 is 20.9 Å². The van der Waals surface area contributed by atoms with Gasteiger partial charge < -0.3 is 25.0 Å². The van der Waals surface area contributed by atoms with E-state index in [0.29, 0.717) is 43.5 Å². The van der Waals surface area contributed by atoms with Crippen molar-refractivity contribution in [2.24, 2.45) is 0 Å². The predicted molar refractivity (Wildman–Crippen MR) is 201 cm³/mol. The number of hydrogen-bond donors (Lipinski definition) is 3. The predicted octanol–water partition coefficient (Wildman–Crippen LogP) is 3.04. The van der Waals surface area contributed by atoms with Gasteiger partial charge in [0, 0.05) is 55.2 Å². The molecule has 3 aliphatic rings. The van der Waals surface area contributed by atoms with Gasteiger partial charge in [-0.25, -0.2) is 4.52 Å². The molecule has 2 unspecified atom stereocenters. The number of carbonyl (C=O) groups excluding carboxylic acids is 5. The standard InChI is InChI=1S/C38H35N9O6S/c1-54(53)27-12-5-23(6-13-27)30-3-2-4-32-41-38(43-47(30)32)40-24-7-10-26(11-8-24)44-17-19-45(20-18-44)34(49)22-39-25-9-14-28-29(21-25)37(52)46(36(28)51)31-15-16-33(48)42-35(31)50/h2-14,21,31,39H,15-20,22H2,1H3,(H,40,43)(H,42,48,50). The number of rotatable bonds is 9. The van der Waals surface area contributed by atoms with E-state index in [4.69, 9.17) is 0 Å². The van der Waals surface area contributed by atoms with Crippen LogP contribution in [0.4, 0.5) is 23.0 Å². The number of carbonyl (C=O) groups is 5. The average Bonchev–Trinajstić information content (AvgIpc) is 3.71. The van der Waals surface area contributed by atoms with E-state index >= 15 is 0 Å². The van der Waals surface area contributed by atoms with E-state index in [-0.39, 0.29) is 36.4 Å². The van der Waals surface area contributed by atoms with E-state index in [1.807, 2.05) is 66.7 Å². The monoisotopic (exact) mass is 745 g/mol. The van der Waals surface area contributed by atoms with Gasteiger partial charge in [-0.2, -0.15) is 4.98 Å². The first kappa shape index (κ1) is 34.8. The van der Waals surface area contributed by atoms with Crippen molar-refractivity contribution < 1.29 is 28.5 Å². The first-order chi connectivity index (χ1) is 26.1. The van der Waals surface area contributed by atoms with E-state index in [9.17, 15) is 28.5 Å². The second kappa shape index (κ2) is 14.3. The van der Waals surface area contributed by atoms with Crippen LogP contribution in [0.1, 0.15) is 33.6 Å². The number of fused-ring (bicyclic) bond motifs is 2. The minimum atomic E-state index is -1.05. The van der Waals surface area contributed by atoms with Gasteiger partial charge in [-0.05, 0) is 96.5 Å². The number of pyridine rings is 1. The molecule has 0 radical (unpaired) electrons. The van der Waals surface area contributed by atoms with Crippen molar-refractivity contribution in [2.75, 3.05) is 54.5 Å². The van der Waals surface area contributed by atoms with E-state index in [2.05, 4.69) is 30.9 Å². The molecule has 0 bridgehead atoms. The highest BCUT2D eigenvalue weighted by atomic mass is 32.2. The Morgan fingerprint density at radius 2 is 1.61 bits per heavy atom. The lowest BCUT2D eigenvalue weighted by molar-refractivity contribution is -0.136. The molecule has 8 rings (SSSR count). The zero-order valence-corrected chi connectivity index (χ0v) is 30.0. The molecule has 54 heavy (non-hydrogen) atoms. The van der Waals surface area contributed by atoms with E-state index in [1.165, 1.54) is 12.1 Å². The molecule has 2 aromatic heterocycles. The van der Waals surface area contributed by atoms with E-state index in [0.717, 1.165) is 32.4 Å². The minimum absolute atomic E-state index is 0.00397. The van der Waals surface area contributed by atoms with Gasteiger partial charge in [0.1, 0.15) is 12.3 Å². The van der Waals surface area contributed by atoms with Crippen molar-refractivity contribution in [1.82, 2.24) is 29.7 Å². The van der Waals surface area contributed by atoms with E-state index < -0.39 is 40.8 Å². The number of piperidine rings is 1. The molecule has 5 amide bonds. The van der Waals surface area contributed by atoms with Crippen LogP contribution in [-0.2, 0) is 25.6 Å². The Morgan fingerprint density at radius 3 is 2.33 bits per heavy atom. The van der Waals surface area contributed by atoms with Gasteiger partial charge in [-0.1, -0.05) is 6.07 Å². The van der Waals surface area contributed by atoms with Crippen LogP contribution in [0.15, 0.2) is 89.8 Å². The summed E-state index contributed by atoms with van der Waals surface area (Å²) in [4.78, 5) is 73.5. The molecule has 0 aliphatic carbocycles. The zero-order chi connectivity index (χ0) is 37.5. The molecule has 2 saturated heterocycles. The Hall–Kier alpha value is -6.26. The summed E-state index contributed by atoms with van der Waals surface area (Å²) in [7, 11) is 0. The Bertz CT molecular complexity index is 2300. The largest absolute Gasteiger partial charge is 0.612 e. The highest BCUT2D eigenvalue weighted by molar-refractivity contribution is 7.90. The first-order valence-corrected chi connectivity index (χ1v) is 19.0. The van der Waals surface area contributed by atoms with Crippen molar-refractivity contribution in [3.05, 3.63) is 96.1 Å². The third-order valence-electron chi connectivity index (χ3n) is 9.85. The van der Waals surface area contributed by atoms with Crippen LogP contribution >= 0.6 is 0 Å². The van der Waals surface area contributed by atoms with Gasteiger partial charge in [0.25, 0.3) is 11.8 Å². The molecular formula is C38H35N9O6S. The Balaban J connectivity index is 0.839. The van der Waals surface area contributed by atoms with Crippen LogP contribution in [0.2, 0.25) is 0 Å². The maximum absolute atomic E-state index is 13.1. The van der Waals surface area contributed by atoms with Gasteiger partial charge in [-0.15, -0.1) is 5.10 Å². The fraction of sp³-hybridized carbons (Fsp3) is 0.237. The highest BCUT2D eigenvalue weighted by Gasteiger charge is 2.44. The number of anilines is 4. The molecule has 2 fully saturated rings. The smallest absolute Gasteiger partial charge is 0.262 e. The Labute approximate surface area is 312 Å². The second-order valence-electron chi connectivity index (χ2n) is 13.2. The van der Waals surface area contributed by atoms with E-state index in [1.54, 1.807) is 21.7 Å². The molecule has 2 atom stereocenters. The summed E-state index contributed by atoms with van der Waals surface area (Å²) in [6, 6.07) is 24.9. The summed E-state index contributed by atoms with van der Waals surface area (Å²) in [5, 5.41) is 13.2. The maximum atomic E-state index is 13.1. The molecule has 3 aliphatic heterocycles. The first-order valence-electron chi connectivity index (χ1n) is 17.4. The van der Waals surface area contributed by atoms with Gasteiger partial charge in [0.05, 0.1) is 23.4 Å². The fourth-order valence-corrected chi connectivity index (χ4v) is 7.48. The van der Waals surface area contributed by atoms with Crippen molar-refractivity contribution in [1.29, 1.82) is 0 Å². The van der Waals surface area contributed by atoms with Crippen molar-refractivity contribution in [3.63, 3.8) is 0 Å². The molecular weight excluding hydrogens is 711 g/mol. The third kappa shape index (κ3) is 6.72. The summed E-state index contributed by atoms with van der Waals surface area (Å²) >= 11 is -1.05. The molecule has 3 aromatic carbocycles. The number of aromatic nitrogens is 3. The second-order valence-corrected chi connectivity index (χ2v) is 14.6. The van der Waals surface area contributed by atoms with Crippen LogP contribution in [0.25, 0.3) is 16.9 Å². The number of benzene rings is 3. The summed E-state index contributed by atoms with van der Waals surface area (Å²) in [5.41, 5.74) is 5.17. The van der Waals surface area contributed by atoms with Crippen LogP contribution in [-0.4, -0.2) is 104 Å². The summed E-state index contributed by atoms with van der Waals surface area (Å²) < 4.78 is 13.6. The number of amides is 5. The fourth-order valence-electron chi connectivity index (χ4n) is 6.96. The molecule has 5 heterocycles. The van der Waals surface area contributed by atoms with Gasteiger partial charge in [0.15, 0.2) is 10.5 Å². The van der Waals surface area contributed by atoms with Crippen LogP contribution in [0, 0.1) is 0 Å². The van der Waals surface area contributed by atoms with Gasteiger partial charge in [-0.3, -0.25) is 34.2 Å². The lowest BCUT2D eigenvalue weighted by atomic mass is 10.0. The van der Waals surface area contributed by atoms with Crippen molar-refractivity contribution >= 4 is 69.4 Å². The van der Waals surface area contributed by atoms with Crippen molar-refractivity contribution in [2.45, 2.75) is 23.8 Å². The summed E-state index contributed by atoms with van der Waals surface area (Å²) in [5.74, 6) is -1.92. The molecule has 0 spiro atoms. The molecule has 5 aromatic rings. The number of nitrogens with zero attached hydrogens (tertiary/aromatic N) is 6. The van der Waals surface area contributed by atoms with Gasteiger partial charge in [0.2, 0.25) is 23.7 Å². The number of piperazine rings is 1. The minimum Gasteiger partial charge on any atom is -0.612 e. The highest BCUT2D eigenvalue weighted by Crippen LogP contribution is 2.30. The van der Waals surface area contributed by atoms with Crippen molar-refractivity contribution in [3.8, 4) is 11.3 Å². The lowest BCUT2D eigenvalue weighted by Gasteiger charge is -2.36. The molecule has 0 saturated carbocycles. The van der Waals surface area contributed by atoms with Gasteiger partial charge >= 0.3 is 0 Å². The summed E-state index contributed by atoms with van der Waals surface area (Å²) in [6.45, 7) is 2.37. The normalized spacial score (nSPS) is 17.8. The molecule has 3 N–H and O–H groups in total. The zero-order valence-electron chi connectivity index (χ0n) is 29.2. The average molecular weight is 746 g/mol. The Morgan fingerprint density at radius 1 is 0.889 bits per heavy atom. The SMILES string of the molecule is C[S+]([O-])c1ccc(-c2cccc3nc(Nc4ccc(N5CCN(C(=O)CNc6ccc7c(c6)C(=O)N(C6CCC(=O)NC6=O)C7=O)CC5)cc4)nn23)cc1. The number of hydrogen-bond acceptors (Lipinski definition) is 11. The quantitative estimate of drug-likeness (QED) is 0.149. The van der Waals surface area contributed by atoms with Crippen LogP contribution in [0.3, 0.4) is 0 Å². The maximum Gasteiger partial charge on any atom is 0.262 e. The molecule has 15 nitrogen and oxygen atoms in total. The lowest BCUT2D eigenvalue weighted by Crippen LogP contribution is -2.54. The number of nitrogens with one attached hydrogen (secondary N) is 3. The van der Waals surface area contributed by atoms with Crippen LogP contribution in [0.5, 0.6) is 0 Å². The molecule has 16 heteroatoms. The molecule has 274 valence electrons. The Kier molecular flexibility index (Phi) is 9.21. The topological polar surface area (TPSA) is 184 Å².